The van der Waals surface area contributed by atoms with Gasteiger partial charge in [-0.05, 0) is 29.7 Å². The molecule has 2 aromatic carbocycles. The zero-order valence-corrected chi connectivity index (χ0v) is 15.5. The molecule has 1 heterocycles. The van der Waals surface area contributed by atoms with Gasteiger partial charge >= 0.3 is 0 Å². The SMILES string of the molecule is CCCOc1ccc2ccccc2c1/C=N\NC(=O)[C@H]1CCS(=O)(=O)C1. The minimum Gasteiger partial charge on any atom is -0.493 e. The van der Waals surface area contributed by atoms with Crippen LogP contribution in [0.25, 0.3) is 10.8 Å². The molecule has 3 rings (SSSR count). The zero-order chi connectivity index (χ0) is 18.6. The topological polar surface area (TPSA) is 84.8 Å². The maximum absolute atomic E-state index is 12.1. The van der Waals surface area contributed by atoms with Crippen LogP contribution in [-0.2, 0) is 14.6 Å². The minimum absolute atomic E-state index is 0.0626. The lowest BCUT2D eigenvalue weighted by Gasteiger charge is -2.11. The van der Waals surface area contributed by atoms with Gasteiger partial charge in [-0.2, -0.15) is 5.10 Å². The fraction of sp³-hybridized carbons (Fsp3) is 0.368. The van der Waals surface area contributed by atoms with Gasteiger partial charge in [0.2, 0.25) is 5.91 Å². The number of hydrazone groups is 1. The second kappa shape index (κ2) is 7.86. The molecule has 1 aliphatic heterocycles. The summed E-state index contributed by atoms with van der Waals surface area (Å²) in [6.07, 6.45) is 2.80. The van der Waals surface area contributed by atoms with Crippen molar-refractivity contribution in [3.05, 3.63) is 42.0 Å². The van der Waals surface area contributed by atoms with Gasteiger partial charge < -0.3 is 4.74 Å². The number of nitrogens with one attached hydrogen (secondary N) is 1. The molecule has 0 unspecified atom stereocenters. The van der Waals surface area contributed by atoms with Crippen LogP contribution in [0.4, 0.5) is 0 Å². The van der Waals surface area contributed by atoms with Crippen LogP contribution >= 0.6 is 0 Å². The highest BCUT2D eigenvalue weighted by Crippen LogP contribution is 2.27. The number of ether oxygens (including phenoxy) is 1. The van der Waals surface area contributed by atoms with E-state index in [1.807, 2.05) is 43.3 Å². The molecular formula is C19H22N2O4S. The summed E-state index contributed by atoms with van der Waals surface area (Å²) in [7, 11) is -3.10. The van der Waals surface area contributed by atoms with Gasteiger partial charge in [0.05, 0.1) is 30.2 Å². The first-order chi connectivity index (χ1) is 12.5. The Morgan fingerprint density at radius 2 is 2.12 bits per heavy atom. The summed E-state index contributed by atoms with van der Waals surface area (Å²) in [6.45, 7) is 2.62. The van der Waals surface area contributed by atoms with E-state index in [1.165, 1.54) is 0 Å². The number of carbonyl (C=O) groups is 1. The Bertz CT molecular complexity index is 938. The van der Waals surface area contributed by atoms with E-state index in [4.69, 9.17) is 4.74 Å². The monoisotopic (exact) mass is 374 g/mol. The van der Waals surface area contributed by atoms with Crippen LogP contribution in [0.2, 0.25) is 0 Å². The molecule has 0 aromatic heterocycles. The van der Waals surface area contributed by atoms with Gasteiger partial charge in [0.15, 0.2) is 9.84 Å². The molecule has 1 atom stereocenters. The Labute approximate surface area is 153 Å². The molecule has 138 valence electrons. The van der Waals surface area contributed by atoms with E-state index in [1.54, 1.807) is 6.21 Å². The Morgan fingerprint density at radius 1 is 1.31 bits per heavy atom. The minimum atomic E-state index is -3.10. The van der Waals surface area contributed by atoms with Crippen LogP contribution < -0.4 is 10.2 Å². The Hall–Kier alpha value is -2.41. The maximum Gasteiger partial charge on any atom is 0.244 e. The third-order valence-corrected chi connectivity index (χ3v) is 6.13. The van der Waals surface area contributed by atoms with Crippen molar-refractivity contribution in [2.75, 3.05) is 18.1 Å². The summed E-state index contributed by atoms with van der Waals surface area (Å²) < 4.78 is 28.8. The number of hydrogen-bond donors (Lipinski definition) is 1. The predicted molar refractivity (Wildman–Crippen MR) is 102 cm³/mol. The van der Waals surface area contributed by atoms with Crippen LogP contribution in [0.15, 0.2) is 41.5 Å². The van der Waals surface area contributed by atoms with E-state index in [0.717, 1.165) is 22.8 Å². The molecule has 1 aliphatic rings. The predicted octanol–water partition coefficient (Wildman–Crippen LogP) is 2.51. The fourth-order valence-corrected chi connectivity index (χ4v) is 4.74. The summed E-state index contributed by atoms with van der Waals surface area (Å²) in [4.78, 5) is 12.1. The number of hydrogen-bond acceptors (Lipinski definition) is 5. The number of sulfone groups is 1. The van der Waals surface area contributed by atoms with Crippen molar-refractivity contribution in [2.24, 2.45) is 11.0 Å². The third-order valence-electron chi connectivity index (χ3n) is 4.36. The third kappa shape index (κ3) is 4.22. The number of nitrogens with zero attached hydrogens (tertiary/aromatic N) is 1. The van der Waals surface area contributed by atoms with Gasteiger partial charge in [0.1, 0.15) is 5.75 Å². The molecular weight excluding hydrogens is 352 g/mol. The van der Waals surface area contributed by atoms with Crippen LogP contribution in [-0.4, -0.2) is 38.7 Å². The van der Waals surface area contributed by atoms with Crippen LogP contribution in [0.1, 0.15) is 25.3 Å². The Kier molecular flexibility index (Phi) is 5.56. The molecule has 1 fully saturated rings. The van der Waals surface area contributed by atoms with Crippen molar-refractivity contribution in [3.8, 4) is 5.75 Å². The van der Waals surface area contributed by atoms with Gasteiger partial charge in [-0.1, -0.05) is 37.3 Å². The molecule has 7 heteroatoms. The van der Waals surface area contributed by atoms with E-state index >= 15 is 0 Å². The van der Waals surface area contributed by atoms with E-state index in [2.05, 4.69) is 10.5 Å². The lowest BCUT2D eigenvalue weighted by atomic mass is 10.0. The van der Waals surface area contributed by atoms with Gasteiger partial charge in [-0.3, -0.25) is 4.79 Å². The summed E-state index contributed by atoms with van der Waals surface area (Å²) in [6, 6.07) is 11.7. The summed E-state index contributed by atoms with van der Waals surface area (Å²) in [5.41, 5.74) is 3.26. The molecule has 0 spiro atoms. The number of rotatable bonds is 6. The number of fused-ring (bicyclic) bond motifs is 1. The molecule has 1 N–H and O–H groups in total. The average molecular weight is 374 g/mol. The number of amides is 1. The zero-order valence-electron chi connectivity index (χ0n) is 14.6. The van der Waals surface area contributed by atoms with Crippen molar-refractivity contribution in [1.82, 2.24) is 5.43 Å². The first-order valence-electron chi connectivity index (χ1n) is 8.68. The van der Waals surface area contributed by atoms with Crippen molar-refractivity contribution in [2.45, 2.75) is 19.8 Å². The Balaban J connectivity index is 1.80. The molecule has 0 bridgehead atoms. The van der Waals surface area contributed by atoms with Crippen LogP contribution in [0.3, 0.4) is 0 Å². The highest BCUT2D eigenvalue weighted by atomic mass is 32.2. The largest absolute Gasteiger partial charge is 0.493 e. The molecule has 0 aliphatic carbocycles. The normalized spacial score (nSPS) is 19.0. The molecule has 0 radical (unpaired) electrons. The van der Waals surface area contributed by atoms with Gasteiger partial charge in [0.25, 0.3) is 0 Å². The maximum atomic E-state index is 12.1. The van der Waals surface area contributed by atoms with Crippen molar-refractivity contribution in [3.63, 3.8) is 0 Å². The van der Waals surface area contributed by atoms with E-state index in [-0.39, 0.29) is 17.4 Å². The standard InChI is InChI=1S/C19H22N2O4S/c1-2-10-25-18-8-7-14-5-3-4-6-16(14)17(18)12-20-21-19(22)15-9-11-26(23,24)13-15/h3-8,12,15H,2,9-11,13H2,1H3,(H,21,22)/b20-12-/t15-/m0/s1. The quantitative estimate of drug-likeness (QED) is 0.622. The van der Waals surface area contributed by atoms with Crippen LogP contribution in [0.5, 0.6) is 5.75 Å². The number of benzene rings is 2. The smallest absolute Gasteiger partial charge is 0.244 e. The molecule has 1 amide bonds. The first kappa shape index (κ1) is 18.4. The van der Waals surface area contributed by atoms with Crippen molar-refractivity contribution < 1.29 is 17.9 Å². The van der Waals surface area contributed by atoms with Gasteiger partial charge in [0, 0.05) is 5.56 Å². The van der Waals surface area contributed by atoms with Crippen molar-refractivity contribution in [1.29, 1.82) is 0 Å². The lowest BCUT2D eigenvalue weighted by molar-refractivity contribution is -0.124. The highest BCUT2D eigenvalue weighted by Gasteiger charge is 2.32. The summed E-state index contributed by atoms with van der Waals surface area (Å²) >= 11 is 0. The molecule has 0 saturated carbocycles. The van der Waals surface area contributed by atoms with Gasteiger partial charge in [-0.15, -0.1) is 0 Å². The second-order valence-corrected chi connectivity index (χ2v) is 8.61. The average Bonchev–Trinajstić information content (AvgIpc) is 3.00. The van der Waals surface area contributed by atoms with E-state index in [0.29, 0.717) is 18.8 Å². The summed E-state index contributed by atoms with van der Waals surface area (Å²) in [5, 5.41) is 6.08. The van der Waals surface area contributed by atoms with Crippen molar-refractivity contribution >= 4 is 32.7 Å². The van der Waals surface area contributed by atoms with Gasteiger partial charge in [-0.25, -0.2) is 13.8 Å². The first-order valence-corrected chi connectivity index (χ1v) is 10.5. The second-order valence-electron chi connectivity index (χ2n) is 6.38. The fourth-order valence-electron chi connectivity index (χ4n) is 3.00. The van der Waals surface area contributed by atoms with E-state index < -0.39 is 15.8 Å². The number of carbonyl (C=O) groups excluding carboxylic acids is 1. The highest BCUT2D eigenvalue weighted by molar-refractivity contribution is 7.91. The molecule has 1 saturated heterocycles. The van der Waals surface area contributed by atoms with Crippen LogP contribution in [0, 0.1) is 5.92 Å². The molecule has 6 nitrogen and oxygen atoms in total. The summed E-state index contributed by atoms with van der Waals surface area (Å²) in [5.74, 6) is -0.230. The lowest BCUT2D eigenvalue weighted by Crippen LogP contribution is -2.27. The molecule has 26 heavy (non-hydrogen) atoms. The Morgan fingerprint density at radius 3 is 2.85 bits per heavy atom. The van der Waals surface area contributed by atoms with E-state index in [9.17, 15) is 13.2 Å². The molecule has 2 aromatic rings.